The number of esters is 1. The van der Waals surface area contributed by atoms with Crippen molar-refractivity contribution >= 4 is 52.5 Å². The molecule has 0 saturated carbocycles. The van der Waals surface area contributed by atoms with Crippen molar-refractivity contribution in [2.24, 2.45) is 10.8 Å². The first kappa shape index (κ1) is 34.9. The van der Waals surface area contributed by atoms with Crippen LogP contribution in [0.25, 0.3) is 0 Å². The number of carbonyl (C=O) groups excluding carboxylic acids is 2. The summed E-state index contributed by atoms with van der Waals surface area (Å²) < 4.78 is 11.0. The minimum absolute atomic E-state index is 0.0315. The molecule has 43 heavy (non-hydrogen) atoms. The fourth-order valence-electron chi connectivity index (χ4n) is 5.33. The van der Waals surface area contributed by atoms with E-state index in [2.05, 4.69) is 69.1 Å². The molecule has 1 aliphatic rings. The van der Waals surface area contributed by atoms with E-state index in [4.69, 9.17) is 9.47 Å². The molecule has 8 heteroatoms. The number of ether oxygens (including phenoxy) is 2. The fourth-order valence-corrected chi connectivity index (χ4v) is 7.22. The average Bonchev–Trinajstić information content (AvgIpc) is 3.11. The summed E-state index contributed by atoms with van der Waals surface area (Å²) in [6.07, 6.45) is 12.4. The Morgan fingerprint density at radius 2 is 1.74 bits per heavy atom. The molecule has 0 aromatic heterocycles. The van der Waals surface area contributed by atoms with E-state index in [9.17, 15) is 9.59 Å². The van der Waals surface area contributed by atoms with Crippen LogP contribution in [0.4, 0.5) is 17.1 Å². The summed E-state index contributed by atoms with van der Waals surface area (Å²) in [6, 6.07) is 12.6. The van der Waals surface area contributed by atoms with Gasteiger partial charge in [0, 0.05) is 35.0 Å². The molecule has 1 aliphatic heterocycles. The molecule has 0 spiro atoms. The Bertz CT molecular complexity index is 1230. The van der Waals surface area contributed by atoms with Crippen molar-refractivity contribution in [2.75, 3.05) is 35.4 Å². The molecule has 0 bridgehead atoms. The Labute approximate surface area is 267 Å². The largest absolute Gasteiger partial charge is 0.464 e. The second kappa shape index (κ2) is 16.5. The molecule has 1 heterocycles. The van der Waals surface area contributed by atoms with Crippen LogP contribution in [0.3, 0.4) is 0 Å². The Hall–Kier alpha value is -2.58. The van der Waals surface area contributed by atoms with Crippen molar-refractivity contribution in [3.63, 3.8) is 0 Å². The Morgan fingerprint density at radius 3 is 2.33 bits per heavy atom. The Morgan fingerprint density at radius 1 is 1.07 bits per heavy atom. The number of anilines is 3. The minimum atomic E-state index is -0.418. The molecule has 0 radical (unpaired) electrons. The first-order valence-electron chi connectivity index (χ1n) is 15.6. The van der Waals surface area contributed by atoms with E-state index >= 15 is 0 Å². The average molecular weight is 627 g/mol. The van der Waals surface area contributed by atoms with E-state index in [-0.39, 0.29) is 16.7 Å². The number of nitrogens with one attached hydrogen (secondary N) is 1. The van der Waals surface area contributed by atoms with Crippen LogP contribution in [-0.4, -0.2) is 37.0 Å². The van der Waals surface area contributed by atoms with Gasteiger partial charge in [0.15, 0.2) is 0 Å². The number of fused-ring (bicyclic) bond motifs is 1. The van der Waals surface area contributed by atoms with Gasteiger partial charge in [-0.1, -0.05) is 60.3 Å². The second-order valence-corrected chi connectivity index (χ2v) is 14.4. The molecule has 3 rings (SSSR count). The summed E-state index contributed by atoms with van der Waals surface area (Å²) in [5.74, 6) is 1.38. The van der Waals surface area contributed by atoms with Crippen LogP contribution in [0, 0.1) is 10.8 Å². The van der Waals surface area contributed by atoms with Crippen LogP contribution < -0.4 is 15.0 Å². The highest BCUT2D eigenvalue weighted by atomic mass is 32.2. The topological polar surface area (TPSA) is 67.9 Å². The van der Waals surface area contributed by atoms with Gasteiger partial charge in [-0.3, -0.25) is 4.79 Å². The maximum Gasteiger partial charge on any atom is 0.333 e. The van der Waals surface area contributed by atoms with Crippen LogP contribution in [0.2, 0.25) is 0 Å². The zero-order valence-electron chi connectivity index (χ0n) is 27.1. The zero-order chi connectivity index (χ0) is 31.5. The number of benzene rings is 2. The maximum atomic E-state index is 12.6. The third kappa shape index (κ3) is 10.5. The van der Waals surface area contributed by atoms with Gasteiger partial charge in [0.2, 0.25) is 5.91 Å². The number of unbranched alkanes of at least 4 members (excludes halogenated alkanes) is 2. The first-order valence-corrected chi connectivity index (χ1v) is 17.8. The van der Waals surface area contributed by atoms with Gasteiger partial charge in [0.05, 0.1) is 29.5 Å². The molecule has 1 amide bonds. The molecule has 0 unspecified atom stereocenters. The quantitative estimate of drug-likeness (QED) is 0.0969. The molecule has 0 aliphatic carbocycles. The number of nitrogens with zero attached hydrogens (tertiary/aromatic N) is 1. The monoisotopic (exact) mass is 626 g/mol. The number of thioether (sulfide) groups is 2. The number of rotatable bonds is 14. The lowest BCUT2D eigenvalue weighted by Crippen LogP contribution is -2.36. The van der Waals surface area contributed by atoms with E-state index in [1.165, 1.54) is 50.9 Å². The fraction of sp³-hybridized carbons (Fsp3) is 0.543. The highest BCUT2D eigenvalue weighted by molar-refractivity contribution is 7.99. The third-order valence-corrected chi connectivity index (χ3v) is 9.68. The predicted octanol–water partition coefficient (Wildman–Crippen LogP) is 9.85. The third-order valence-electron chi connectivity index (χ3n) is 7.52. The van der Waals surface area contributed by atoms with E-state index in [1.54, 1.807) is 18.7 Å². The molecule has 0 atom stereocenters. The van der Waals surface area contributed by atoms with Crippen molar-refractivity contribution in [1.82, 2.24) is 0 Å². The van der Waals surface area contributed by atoms with Crippen LogP contribution in [0.1, 0.15) is 86.5 Å². The van der Waals surface area contributed by atoms with Gasteiger partial charge in [-0.15, -0.1) is 23.5 Å². The highest BCUT2D eigenvalue weighted by Gasteiger charge is 2.36. The lowest BCUT2D eigenvalue weighted by molar-refractivity contribution is -0.137. The normalized spacial score (nSPS) is 14.7. The van der Waals surface area contributed by atoms with E-state index in [1.807, 2.05) is 30.2 Å². The molecular weight excluding hydrogens is 577 g/mol. The van der Waals surface area contributed by atoms with Gasteiger partial charge in [0.1, 0.15) is 5.75 Å². The molecule has 0 saturated heterocycles. The summed E-state index contributed by atoms with van der Waals surface area (Å²) in [7, 11) is 0. The zero-order valence-corrected chi connectivity index (χ0v) is 28.7. The van der Waals surface area contributed by atoms with Crippen molar-refractivity contribution in [3.8, 4) is 5.75 Å². The number of hydrogen-bond donors (Lipinski definition) is 1. The van der Waals surface area contributed by atoms with Crippen molar-refractivity contribution < 1.29 is 19.1 Å². The van der Waals surface area contributed by atoms with E-state index in [0.717, 1.165) is 44.9 Å². The van der Waals surface area contributed by atoms with E-state index < -0.39 is 5.97 Å². The minimum Gasteiger partial charge on any atom is -0.464 e. The Balaban J connectivity index is 2.02. The molecule has 6 nitrogen and oxygen atoms in total. The number of amides is 1. The van der Waals surface area contributed by atoms with Gasteiger partial charge in [-0.2, -0.15) is 0 Å². The molecule has 236 valence electrons. The summed E-state index contributed by atoms with van der Waals surface area (Å²) in [5, 5.41) is 3.07. The molecule has 2 aromatic rings. The maximum absolute atomic E-state index is 12.6. The molecule has 1 N–H and O–H groups in total. The molecule has 2 aromatic carbocycles. The first-order chi connectivity index (χ1) is 20.5. The SMILES string of the molecule is CCCCC1(CCCC)CSc2cc(O/C=C/C(=O)OCC)c(SC)cc2N(c2ccc(NC(=O)CC(C)(C)C)cc2)C1. The molecular formula is C35H50N2O4S2. The van der Waals surface area contributed by atoms with Gasteiger partial charge in [-0.05, 0) is 73.2 Å². The van der Waals surface area contributed by atoms with Crippen molar-refractivity contribution in [1.29, 1.82) is 0 Å². The second-order valence-electron chi connectivity index (χ2n) is 12.6. The number of hydrogen-bond acceptors (Lipinski definition) is 7. The highest BCUT2D eigenvalue weighted by Crippen LogP contribution is 2.50. The van der Waals surface area contributed by atoms with Crippen LogP contribution in [0.15, 0.2) is 58.5 Å². The standard InChI is InChI=1S/C35H50N2O4S2/c1-8-11-18-35(19-12-9-2)24-37(27-15-13-26(14-16-27)36-32(38)23-34(4,5)6)28-21-31(42-7)29(22-30(28)43-25-35)41-20-17-33(39)40-10-3/h13-17,20-22H,8-12,18-19,23-25H2,1-7H3,(H,36,38)/b20-17+. The smallest absolute Gasteiger partial charge is 0.333 e. The van der Waals surface area contributed by atoms with Crippen LogP contribution >= 0.6 is 23.5 Å². The summed E-state index contributed by atoms with van der Waals surface area (Å²) in [5.41, 5.74) is 3.18. The van der Waals surface area contributed by atoms with Crippen LogP contribution in [-0.2, 0) is 14.3 Å². The predicted molar refractivity (Wildman–Crippen MR) is 183 cm³/mol. The summed E-state index contributed by atoms with van der Waals surface area (Å²) in [6.45, 7) is 13.8. The number of carbonyl (C=O) groups is 2. The van der Waals surface area contributed by atoms with Crippen molar-refractivity contribution in [2.45, 2.75) is 96.3 Å². The van der Waals surface area contributed by atoms with Crippen molar-refractivity contribution in [3.05, 3.63) is 48.7 Å². The van der Waals surface area contributed by atoms with Crippen LogP contribution in [0.5, 0.6) is 5.75 Å². The lowest BCUT2D eigenvalue weighted by Gasteiger charge is -2.38. The molecule has 0 fully saturated rings. The van der Waals surface area contributed by atoms with Gasteiger partial charge < -0.3 is 19.7 Å². The van der Waals surface area contributed by atoms with Gasteiger partial charge in [0.25, 0.3) is 0 Å². The van der Waals surface area contributed by atoms with Gasteiger partial charge >= 0.3 is 5.97 Å². The lowest BCUT2D eigenvalue weighted by atomic mass is 9.79. The van der Waals surface area contributed by atoms with E-state index in [0.29, 0.717) is 13.0 Å². The summed E-state index contributed by atoms with van der Waals surface area (Å²) in [4.78, 5) is 29.0. The van der Waals surface area contributed by atoms with Gasteiger partial charge in [-0.25, -0.2) is 4.79 Å². The Kier molecular flexibility index (Phi) is 13.4. The summed E-state index contributed by atoms with van der Waals surface area (Å²) >= 11 is 3.53.